The molecule has 3 N–H and O–H groups in total. The second-order valence-electron chi connectivity index (χ2n) is 4.36. The van der Waals surface area contributed by atoms with Gasteiger partial charge in [0.25, 0.3) is 0 Å². The first kappa shape index (κ1) is 14.9. The minimum Gasteiger partial charge on any atom is -0.477 e. The first-order valence-electron chi connectivity index (χ1n) is 5.76. The Hall–Kier alpha value is -2.15. The van der Waals surface area contributed by atoms with Crippen LogP contribution in [0.5, 0.6) is 0 Å². The molecule has 1 aromatic carbocycles. The summed E-state index contributed by atoms with van der Waals surface area (Å²) in [5, 5.41) is 31.9. The molecule has 0 aromatic heterocycles. The third-order valence-electron chi connectivity index (χ3n) is 2.97. The van der Waals surface area contributed by atoms with E-state index in [4.69, 9.17) is 10.2 Å². The van der Waals surface area contributed by atoms with Crippen molar-refractivity contribution < 1.29 is 19.9 Å². The number of nitrogens with zero attached hydrogens (tertiary/aromatic N) is 1. The first-order valence-corrected chi connectivity index (χ1v) is 5.76. The number of carboxylic acid groups (broad SMARTS) is 1. The fraction of sp³-hybridized carbons (Fsp3) is 0.417. The van der Waals surface area contributed by atoms with Crippen LogP contribution in [0.2, 0.25) is 0 Å². The van der Waals surface area contributed by atoms with Crippen molar-refractivity contribution in [3.05, 3.63) is 33.9 Å². The topological polar surface area (TPSA) is 113 Å². The van der Waals surface area contributed by atoms with Gasteiger partial charge in [0.2, 0.25) is 0 Å². The molecule has 0 aliphatic rings. The summed E-state index contributed by atoms with van der Waals surface area (Å²) in [6.07, 6.45) is 0. The molecule has 0 saturated heterocycles. The summed E-state index contributed by atoms with van der Waals surface area (Å²) in [4.78, 5) is 21.3. The molecule has 0 saturated carbocycles. The van der Waals surface area contributed by atoms with Crippen LogP contribution in [0, 0.1) is 16.0 Å². The molecule has 0 spiro atoms. The van der Waals surface area contributed by atoms with Crippen LogP contribution in [-0.2, 0) is 0 Å². The molecule has 0 radical (unpaired) electrons. The van der Waals surface area contributed by atoms with Crippen LogP contribution in [0.1, 0.15) is 24.2 Å². The van der Waals surface area contributed by atoms with E-state index in [9.17, 15) is 14.9 Å². The maximum absolute atomic E-state index is 11.0. The lowest BCUT2D eigenvalue weighted by atomic mass is 10.0. The largest absolute Gasteiger partial charge is 0.477 e. The Balaban J connectivity index is 3.17. The standard InChI is InChI=1S/C12H16N2O5/c1-7(6-15)8(2)13-10-5-3-4-9(12(16)17)11(10)14(18)19/h3-5,7-8,13,15H,6H2,1-2H3,(H,16,17). The number of nitro groups is 1. The highest BCUT2D eigenvalue weighted by molar-refractivity contribution is 5.95. The number of carbonyl (C=O) groups is 1. The van der Waals surface area contributed by atoms with Crippen molar-refractivity contribution in [2.75, 3.05) is 11.9 Å². The van der Waals surface area contributed by atoms with Crippen molar-refractivity contribution in [1.82, 2.24) is 0 Å². The van der Waals surface area contributed by atoms with Crippen molar-refractivity contribution >= 4 is 17.3 Å². The first-order chi connectivity index (χ1) is 8.88. The highest BCUT2D eigenvalue weighted by atomic mass is 16.6. The lowest BCUT2D eigenvalue weighted by Crippen LogP contribution is -2.26. The summed E-state index contributed by atoms with van der Waals surface area (Å²) in [6, 6.07) is 3.85. The molecule has 0 aliphatic heterocycles. The third-order valence-corrected chi connectivity index (χ3v) is 2.97. The van der Waals surface area contributed by atoms with Gasteiger partial charge in [0.05, 0.1) is 4.92 Å². The molecule has 1 aromatic rings. The van der Waals surface area contributed by atoms with Crippen LogP contribution in [0.4, 0.5) is 11.4 Å². The molecule has 7 heteroatoms. The molecule has 0 aliphatic carbocycles. The van der Waals surface area contributed by atoms with Gasteiger partial charge in [-0.1, -0.05) is 13.0 Å². The van der Waals surface area contributed by atoms with Crippen molar-refractivity contribution in [2.24, 2.45) is 5.92 Å². The third kappa shape index (κ3) is 3.41. The minimum atomic E-state index is -1.35. The van der Waals surface area contributed by atoms with Gasteiger partial charge in [0, 0.05) is 12.6 Å². The molecule has 7 nitrogen and oxygen atoms in total. The van der Waals surface area contributed by atoms with Gasteiger partial charge in [0.1, 0.15) is 11.3 Å². The van der Waals surface area contributed by atoms with Crippen LogP contribution >= 0.6 is 0 Å². The van der Waals surface area contributed by atoms with Crippen LogP contribution in [0.15, 0.2) is 18.2 Å². The molecule has 2 unspecified atom stereocenters. The zero-order chi connectivity index (χ0) is 14.6. The van der Waals surface area contributed by atoms with Gasteiger partial charge in [-0.05, 0) is 25.0 Å². The van der Waals surface area contributed by atoms with Gasteiger partial charge in [-0.15, -0.1) is 0 Å². The van der Waals surface area contributed by atoms with E-state index in [1.807, 2.05) is 0 Å². The monoisotopic (exact) mass is 268 g/mol. The van der Waals surface area contributed by atoms with Crippen LogP contribution < -0.4 is 5.32 Å². The van der Waals surface area contributed by atoms with Crippen molar-refractivity contribution in [3.8, 4) is 0 Å². The molecule has 0 heterocycles. The lowest BCUT2D eigenvalue weighted by Gasteiger charge is -2.20. The molecule has 0 bridgehead atoms. The number of hydrogen-bond donors (Lipinski definition) is 3. The summed E-state index contributed by atoms with van der Waals surface area (Å²) >= 11 is 0. The van der Waals surface area contributed by atoms with Gasteiger partial charge >= 0.3 is 11.7 Å². The van der Waals surface area contributed by atoms with E-state index < -0.39 is 16.6 Å². The van der Waals surface area contributed by atoms with Crippen molar-refractivity contribution in [2.45, 2.75) is 19.9 Å². The normalized spacial score (nSPS) is 13.6. The Morgan fingerprint density at radius 1 is 1.47 bits per heavy atom. The Morgan fingerprint density at radius 3 is 2.58 bits per heavy atom. The molecule has 2 atom stereocenters. The predicted octanol–water partition coefficient (Wildman–Crippen LogP) is 1.72. The Bertz CT molecular complexity index is 489. The number of para-hydroxylation sites is 1. The zero-order valence-corrected chi connectivity index (χ0v) is 10.7. The van der Waals surface area contributed by atoms with Gasteiger partial charge in [-0.2, -0.15) is 0 Å². The fourth-order valence-electron chi connectivity index (χ4n) is 1.57. The van der Waals surface area contributed by atoms with Crippen molar-refractivity contribution in [1.29, 1.82) is 0 Å². The fourth-order valence-corrected chi connectivity index (χ4v) is 1.57. The SMILES string of the molecule is CC(CO)C(C)Nc1cccc(C(=O)O)c1[N+](=O)[O-]. The number of nitro benzene ring substituents is 1. The van der Waals surface area contributed by atoms with E-state index in [2.05, 4.69) is 5.32 Å². The smallest absolute Gasteiger partial charge is 0.342 e. The summed E-state index contributed by atoms with van der Waals surface area (Å²) in [5.41, 5.74) is -0.691. The van der Waals surface area contributed by atoms with Gasteiger partial charge in [-0.3, -0.25) is 10.1 Å². The van der Waals surface area contributed by atoms with E-state index in [1.54, 1.807) is 13.8 Å². The summed E-state index contributed by atoms with van der Waals surface area (Å²) in [5.74, 6) is -1.47. The summed E-state index contributed by atoms with van der Waals surface area (Å²) in [6.45, 7) is 3.48. The van der Waals surface area contributed by atoms with Gasteiger partial charge in [0.15, 0.2) is 0 Å². The maximum Gasteiger partial charge on any atom is 0.342 e. The lowest BCUT2D eigenvalue weighted by molar-refractivity contribution is -0.384. The number of rotatable bonds is 6. The number of benzene rings is 1. The second kappa shape index (κ2) is 6.14. The highest BCUT2D eigenvalue weighted by Crippen LogP contribution is 2.29. The molecule has 19 heavy (non-hydrogen) atoms. The van der Waals surface area contributed by atoms with E-state index in [0.29, 0.717) is 0 Å². The number of aliphatic hydroxyl groups is 1. The average molecular weight is 268 g/mol. The van der Waals surface area contributed by atoms with E-state index >= 15 is 0 Å². The van der Waals surface area contributed by atoms with E-state index in [0.717, 1.165) is 0 Å². The number of aromatic carboxylic acids is 1. The quantitative estimate of drug-likeness (QED) is 0.535. The van der Waals surface area contributed by atoms with E-state index in [1.165, 1.54) is 18.2 Å². The Kier molecular flexibility index (Phi) is 4.82. The van der Waals surface area contributed by atoms with Gasteiger partial charge in [-0.25, -0.2) is 4.79 Å². The molecule has 1 rings (SSSR count). The Labute approximate surface area is 110 Å². The highest BCUT2D eigenvalue weighted by Gasteiger charge is 2.25. The summed E-state index contributed by atoms with van der Waals surface area (Å²) in [7, 11) is 0. The molecular formula is C12H16N2O5. The predicted molar refractivity (Wildman–Crippen MR) is 69.4 cm³/mol. The van der Waals surface area contributed by atoms with Gasteiger partial charge < -0.3 is 15.5 Å². The molecule has 104 valence electrons. The number of anilines is 1. The van der Waals surface area contributed by atoms with Crippen LogP contribution in [-0.4, -0.2) is 33.8 Å². The van der Waals surface area contributed by atoms with Crippen LogP contribution in [0.25, 0.3) is 0 Å². The summed E-state index contributed by atoms with van der Waals surface area (Å²) < 4.78 is 0. The minimum absolute atomic E-state index is 0.0689. The van der Waals surface area contributed by atoms with E-state index in [-0.39, 0.29) is 29.8 Å². The van der Waals surface area contributed by atoms with Crippen molar-refractivity contribution in [3.63, 3.8) is 0 Å². The maximum atomic E-state index is 11.0. The number of nitrogens with one attached hydrogen (secondary N) is 1. The van der Waals surface area contributed by atoms with Crippen LogP contribution in [0.3, 0.4) is 0 Å². The average Bonchev–Trinajstić information content (AvgIpc) is 2.36. The second-order valence-corrected chi connectivity index (χ2v) is 4.36. The number of aliphatic hydroxyl groups excluding tert-OH is 1. The molecular weight excluding hydrogens is 252 g/mol. The Morgan fingerprint density at radius 2 is 2.11 bits per heavy atom. The molecule has 0 fully saturated rings. The number of carboxylic acids is 1. The molecule has 0 amide bonds. The number of hydrogen-bond acceptors (Lipinski definition) is 5. The zero-order valence-electron chi connectivity index (χ0n) is 10.7.